The van der Waals surface area contributed by atoms with Gasteiger partial charge in [-0.25, -0.2) is 8.78 Å². The second-order valence-electron chi connectivity index (χ2n) is 2.93. The van der Waals surface area contributed by atoms with Crippen molar-refractivity contribution in [1.82, 2.24) is 0 Å². The first-order valence-electron chi connectivity index (χ1n) is 4.38. The molecule has 0 amide bonds. The monoisotopic (exact) mass is 240 g/mol. The SMILES string of the molecule is [C-]#[N+]C([N+]#[C-])=c1ccc(=C(C#N)C#N)c(F)c1F. The highest BCUT2D eigenvalue weighted by Gasteiger charge is 2.15. The summed E-state index contributed by atoms with van der Waals surface area (Å²) >= 11 is 0. The Hall–Kier alpha value is -3.22. The fourth-order valence-corrected chi connectivity index (χ4v) is 1.21. The molecule has 1 aromatic rings. The van der Waals surface area contributed by atoms with Crippen LogP contribution < -0.4 is 10.4 Å². The molecule has 4 nitrogen and oxygen atoms in total. The zero-order chi connectivity index (χ0) is 13.7. The zero-order valence-electron chi connectivity index (χ0n) is 8.70. The van der Waals surface area contributed by atoms with Crippen molar-refractivity contribution in [3.63, 3.8) is 0 Å². The van der Waals surface area contributed by atoms with Crippen molar-refractivity contribution < 1.29 is 8.78 Å². The van der Waals surface area contributed by atoms with Gasteiger partial charge in [0.05, 0.1) is 0 Å². The van der Waals surface area contributed by atoms with Crippen LogP contribution in [0.2, 0.25) is 0 Å². The van der Waals surface area contributed by atoms with Gasteiger partial charge in [0.1, 0.15) is 36.1 Å². The molecule has 84 valence electrons. The number of rotatable bonds is 0. The molecular weight excluding hydrogens is 238 g/mol. The lowest BCUT2D eigenvalue weighted by atomic mass is 10.1. The van der Waals surface area contributed by atoms with Crippen LogP contribution in [0.15, 0.2) is 12.1 Å². The first kappa shape index (κ1) is 12.8. The Balaban J connectivity index is 3.98. The van der Waals surface area contributed by atoms with Crippen molar-refractivity contribution in [2.24, 2.45) is 0 Å². The van der Waals surface area contributed by atoms with Crippen molar-refractivity contribution in [3.05, 3.63) is 57.0 Å². The molecule has 0 spiro atoms. The van der Waals surface area contributed by atoms with E-state index in [0.717, 1.165) is 12.1 Å². The van der Waals surface area contributed by atoms with Crippen molar-refractivity contribution in [2.75, 3.05) is 0 Å². The molecule has 0 heterocycles. The summed E-state index contributed by atoms with van der Waals surface area (Å²) < 4.78 is 27.2. The van der Waals surface area contributed by atoms with Gasteiger partial charge in [-0.2, -0.15) is 20.2 Å². The predicted molar refractivity (Wildman–Crippen MR) is 56.9 cm³/mol. The van der Waals surface area contributed by atoms with Gasteiger partial charge in [0.2, 0.25) is 0 Å². The molecule has 0 saturated carbocycles. The molecule has 6 heteroatoms. The van der Waals surface area contributed by atoms with Crippen molar-refractivity contribution in [3.8, 4) is 12.1 Å². The average molecular weight is 240 g/mol. The van der Waals surface area contributed by atoms with Crippen molar-refractivity contribution in [1.29, 1.82) is 10.5 Å². The third-order valence-corrected chi connectivity index (χ3v) is 2.03. The minimum atomic E-state index is -1.42. The maximum Gasteiger partial charge on any atom is 0.529 e. The molecule has 0 N–H and O–H groups in total. The third kappa shape index (κ3) is 2.00. The van der Waals surface area contributed by atoms with Crippen LogP contribution in [0.4, 0.5) is 8.78 Å². The standard InChI is InChI=1S/C12H2F2N4/c1-17-12(18-2)9-4-3-8(7(5-15)6-16)10(13)11(9)14/h3-4H. The molecule has 0 aliphatic carbocycles. The van der Waals surface area contributed by atoms with Gasteiger partial charge >= 0.3 is 5.82 Å². The van der Waals surface area contributed by atoms with Crippen molar-refractivity contribution >= 4 is 11.4 Å². The van der Waals surface area contributed by atoms with Crippen LogP contribution in [0.3, 0.4) is 0 Å². The second-order valence-corrected chi connectivity index (χ2v) is 2.93. The minimum Gasteiger partial charge on any atom is -0.204 e. The first-order chi connectivity index (χ1) is 8.60. The number of hydrogen-bond acceptors (Lipinski definition) is 2. The molecule has 1 rings (SSSR count). The van der Waals surface area contributed by atoms with Gasteiger partial charge in [-0.1, -0.05) is 12.1 Å². The van der Waals surface area contributed by atoms with E-state index in [1.807, 2.05) is 0 Å². The fraction of sp³-hybridized carbons (Fsp3) is 0. The van der Waals surface area contributed by atoms with E-state index in [1.54, 1.807) is 0 Å². The van der Waals surface area contributed by atoms with Crippen LogP contribution in [0, 0.1) is 47.4 Å². The third-order valence-electron chi connectivity index (χ3n) is 2.03. The van der Waals surface area contributed by atoms with E-state index in [0.29, 0.717) is 0 Å². The smallest absolute Gasteiger partial charge is 0.204 e. The highest BCUT2D eigenvalue weighted by molar-refractivity contribution is 5.72. The molecule has 0 atom stereocenters. The normalized spacial score (nSPS) is 8.33. The van der Waals surface area contributed by atoms with Crippen LogP contribution in [0.25, 0.3) is 21.1 Å². The lowest BCUT2D eigenvalue weighted by Gasteiger charge is -1.94. The van der Waals surface area contributed by atoms with Crippen LogP contribution in [-0.2, 0) is 0 Å². The van der Waals surface area contributed by atoms with Crippen LogP contribution in [0.5, 0.6) is 0 Å². The van der Waals surface area contributed by atoms with E-state index in [4.69, 9.17) is 23.7 Å². The number of hydrogen-bond donors (Lipinski definition) is 0. The molecule has 0 aliphatic heterocycles. The van der Waals surface area contributed by atoms with E-state index in [9.17, 15) is 8.78 Å². The molecule has 0 saturated heterocycles. The van der Waals surface area contributed by atoms with Crippen LogP contribution in [-0.4, -0.2) is 0 Å². The molecule has 0 bridgehead atoms. The Morgan fingerprint density at radius 2 is 1.44 bits per heavy atom. The summed E-state index contributed by atoms with van der Waals surface area (Å²) in [5.74, 6) is -3.46. The topological polar surface area (TPSA) is 56.3 Å². The van der Waals surface area contributed by atoms with Crippen LogP contribution in [0.1, 0.15) is 0 Å². The number of nitriles is 2. The molecule has 0 fully saturated rings. The van der Waals surface area contributed by atoms with E-state index in [1.165, 1.54) is 12.1 Å². The lowest BCUT2D eigenvalue weighted by molar-refractivity contribution is 0.497. The number of nitrogens with zero attached hydrogens (tertiary/aromatic N) is 4. The predicted octanol–water partition coefficient (Wildman–Crippen LogP) is 1.07. The molecule has 0 radical (unpaired) electrons. The second kappa shape index (κ2) is 5.21. The highest BCUT2D eigenvalue weighted by Crippen LogP contribution is 2.01. The number of benzene rings is 1. The lowest BCUT2D eigenvalue weighted by Crippen LogP contribution is -2.22. The van der Waals surface area contributed by atoms with E-state index in [2.05, 4.69) is 9.69 Å². The molecule has 0 aromatic heterocycles. The molecule has 18 heavy (non-hydrogen) atoms. The summed E-state index contributed by atoms with van der Waals surface area (Å²) in [5, 5.41) is 16.1. The summed E-state index contributed by atoms with van der Waals surface area (Å²) in [6.45, 7) is 13.3. The summed E-state index contributed by atoms with van der Waals surface area (Å²) in [6.07, 6.45) is 0. The molecular formula is C12H2F2N4. The Morgan fingerprint density at radius 3 is 1.89 bits per heavy atom. The van der Waals surface area contributed by atoms with Gasteiger partial charge in [-0.15, -0.1) is 0 Å². The number of halogens is 2. The largest absolute Gasteiger partial charge is 0.529 e. The van der Waals surface area contributed by atoms with E-state index < -0.39 is 33.5 Å². The summed E-state index contributed by atoms with van der Waals surface area (Å²) in [7, 11) is 0. The van der Waals surface area contributed by atoms with Crippen molar-refractivity contribution in [2.45, 2.75) is 0 Å². The van der Waals surface area contributed by atoms with Gasteiger partial charge < -0.3 is 0 Å². The summed E-state index contributed by atoms with van der Waals surface area (Å²) in [6, 6.07) is 4.85. The van der Waals surface area contributed by atoms with Gasteiger partial charge in [0, 0.05) is 5.22 Å². The van der Waals surface area contributed by atoms with Gasteiger partial charge in [-0.3, -0.25) is 0 Å². The van der Waals surface area contributed by atoms with E-state index in [-0.39, 0.29) is 0 Å². The zero-order valence-corrected chi connectivity index (χ0v) is 8.70. The maximum atomic E-state index is 13.6. The quantitative estimate of drug-likeness (QED) is 0.637. The maximum absolute atomic E-state index is 13.6. The summed E-state index contributed by atoms with van der Waals surface area (Å²) in [5.41, 5.74) is -0.579. The fourth-order valence-electron chi connectivity index (χ4n) is 1.21. The Kier molecular flexibility index (Phi) is 3.72. The van der Waals surface area contributed by atoms with Gasteiger partial charge in [-0.05, 0) is 0 Å². The van der Waals surface area contributed by atoms with Gasteiger partial charge in [0.15, 0.2) is 11.6 Å². The first-order valence-corrected chi connectivity index (χ1v) is 4.38. The average Bonchev–Trinajstić information content (AvgIpc) is 2.39. The van der Waals surface area contributed by atoms with Gasteiger partial charge in [0.25, 0.3) is 0 Å². The van der Waals surface area contributed by atoms with E-state index >= 15 is 0 Å². The Bertz CT molecular complexity index is 694. The minimum absolute atomic E-state index is 0.489. The van der Waals surface area contributed by atoms with Crippen LogP contribution >= 0.6 is 0 Å². The Morgan fingerprint density at radius 1 is 1.00 bits per heavy atom. The molecule has 0 unspecified atom stereocenters. The molecule has 0 aliphatic rings. The Labute approximate surface area is 101 Å². The summed E-state index contributed by atoms with van der Waals surface area (Å²) in [4.78, 5) is 5.53. The highest BCUT2D eigenvalue weighted by atomic mass is 19.2. The molecule has 1 aromatic carbocycles.